The number of carbonyl (C=O) groups is 1. The van der Waals surface area contributed by atoms with Crippen molar-refractivity contribution in [1.29, 1.82) is 0 Å². The summed E-state index contributed by atoms with van der Waals surface area (Å²) >= 11 is 0. The first-order chi connectivity index (χ1) is 5.75. The molecule has 0 radical (unpaired) electrons. The third-order valence-corrected chi connectivity index (χ3v) is 2.01. The number of hydrogen-bond acceptors (Lipinski definition) is 2. The molecule has 1 aliphatic heterocycles. The van der Waals surface area contributed by atoms with Crippen LogP contribution in [0.3, 0.4) is 0 Å². The summed E-state index contributed by atoms with van der Waals surface area (Å²) in [6, 6.07) is 0. The molecule has 0 unspecified atom stereocenters. The van der Waals surface area contributed by atoms with Crippen molar-refractivity contribution < 1.29 is 9.53 Å². The van der Waals surface area contributed by atoms with Gasteiger partial charge >= 0.3 is 0 Å². The lowest BCUT2D eigenvalue weighted by Gasteiger charge is -2.20. The summed E-state index contributed by atoms with van der Waals surface area (Å²) in [6.07, 6.45) is 5.18. The number of ether oxygens (including phenoxy) is 1. The zero-order valence-corrected chi connectivity index (χ0v) is 7.67. The second-order valence-corrected chi connectivity index (χ2v) is 2.91. The first-order valence-electron chi connectivity index (χ1n) is 4.28. The van der Waals surface area contributed by atoms with E-state index in [-0.39, 0.29) is 5.91 Å². The maximum absolute atomic E-state index is 11.1. The van der Waals surface area contributed by atoms with Crippen molar-refractivity contribution in [2.24, 2.45) is 0 Å². The largest absolute Gasteiger partial charge is 0.482 e. The third kappa shape index (κ3) is 2.00. The zero-order valence-electron chi connectivity index (χ0n) is 7.67. The van der Waals surface area contributed by atoms with Gasteiger partial charge in [-0.3, -0.25) is 9.69 Å². The fraction of sp³-hybridized carbons (Fsp3) is 0.667. The Kier molecular flexibility index (Phi) is 3.14. The quantitative estimate of drug-likeness (QED) is 0.595. The molecule has 1 aliphatic rings. The fourth-order valence-electron chi connectivity index (χ4n) is 1.37. The van der Waals surface area contributed by atoms with Crippen molar-refractivity contribution >= 4 is 5.91 Å². The minimum atomic E-state index is 0.0602. The SMILES string of the molecule is COC1=CCCCCN1C(C)=O. The highest BCUT2D eigenvalue weighted by Gasteiger charge is 2.15. The van der Waals surface area contributed by atoms with Gasteiger partial charge in [-0.25, -0.2) is 0 Å². The normalized spacial score (nSPS) is 18.2. The predicted octanol–water partition coefficient (Wildman–Crippen LogP) is 1.51. The van der Waals surface area contributed by atoms with E-state index in [9.17, 15) is 4.79 Å². The van der Waals surface area contributed by atoms with Gasteiger partial charge in [-0.2, -0.15) is 0 Å². The van der Waals surface area contributed by atoms with Crippen LogP contribution in [0.2, 0.25) is 0 Å². The number of allylic oxidation sites excluding steroid dienone is 1. The number of nitrogens with zero attached hydrogens (tertiary/aromatic N) is 1. The molecule has 0 saturated carbocycles. The number of hydrogen-bond donors (Lipinski definition) is 0. The minimum Gasteiger partial charge on any atom is -0.482 e. The number of rotatable bonds is 1. The van der Waals surface area contributed by atoms with Crippen molar-refractivity contribution in [3.8, 4) is 0 Å². The lowest BCUT2D eigenvalue weighted by molar-refractivity contribution is -0.129. The molecule has 0 aromatic rings. The zero-order chi connectivity index (χ0) is 8.97. The molecule has 0 aliphatic carbocycles. The fourth-order valence-corrected chi connectivity index (χ4v) is 1.37. The monoisotopic (exact) mass is 169 g/mol. The Morgan fingerprint density at radius 1 is 1.58 bits per heavy atom. The topological polar surface area (TPSA) is 29.5 Å². The van der Waals surface area contributed by atoms with Crippen LogP contribution in [0.4, 0.5) is 0 Å². The molecular formula is C9H15NO2. The molecule has 0 aromatic heterocycles. The van der Waals surface area contributed by atoms with E-state index in [1.165, 1.54) is 0 Å². The highest BCUT2D eigenvalue weighted by molar-refractivity contribution is 5.74. The van der Waals surface area contributed by atoms with Crippen molar-refractivity contribution in [1.82, 2.24) is 4.90 Å². The Morgan fingerprint density at radius 3 is 2.92 bits per heavy atom. The van der Waals surface area contributed by atoms with E-state index in [0.717, 1.165) is 25.8 Å². The molecule has 3 nitrogen and oxygen atoms in total. The Bertz CT molecular complexity index is 199. The van der Waals surface area contributed by atoms with Gasteiger partial charge in [-0.1, -0.05) is 0 Å². The molecular weight excluding hydrogens is 154 g/mol. The Morgan fingerprint density at radius 2 is 2.33 bits per heavy atom. The van der Waals surface area contributed by atoms with Crippen LogP contribution < -0.4 is 0 Å². The number of methoxy groups -OCH3 is 1. The first-order valence-corrected chi connectivity index (χ1v) is 4.28. The molecule has 1 amide bonds. The average Bonchev–Trinajstić information content (AvgIpc) is 2.27. The van der Waals surface area contributed by atoms with Crippen LogP contribution in [-0.4, -0.2) is 24.5 Å². The van der Waals surface area contributed by atoms with Crippen LogP contribution in [0.15, 0.2) is 12.0 Å². The molecule has 0 saturated heterocycles. The van der Waals surface area contributed by atoms with E-state index in [4.69, 9.17) is 4.74 Å². The molecule has 0 fully saturated rings. The van der Waals surface area contributed by atoms with Gasteiger partial charge in [0.25, 0.3) is 0 Å². The first kappa shape index (κ1) is 9.10. The maximum atomic E-state index is 11.1. The highest BCUT2D eigenvalue weighted by atomic mass is 16.5. The Labute approximate surface area is 73.0 Å². The lowest BCUT2D eigenvalue weighted by atomic mass is 10.2. The maximum Gasteiger partial charge on any atom is 0.226 e. The van der Waals surface area contributed by atoms with Crippen LogP contribution in [0.5, 0.6) is 0 Å². The Balaban J connectivity index is 2.72. The summed E-state index contributed by atoms with van der Waals surface area (Å²) in [7, 11) is 1.60. The van der Waals surface area contributed by atoms with Gasteiger partial charge in [0.15, 0.2) is 5.88 Å². The number of amides is 1. The highest BCUT2D eigenvalue weighted by Crippen LogP contribution is 2.14. The molecule has 3 heteroatoms. The molecule has 1 heterocycles. The van der Waals surface area contributed by atoms with E-state index in [1.807, 2.05) is 6.08 Å². The smallest absolute Gasteiger partial charge is 0.226 e. The van der Waals surface area contributed by atoms with E-state index in [2.05, 4.69) is 0 Å². The van der Waals surface area contributed by atoms with Crippen LogP contribution in [0, 0.1) is 0 Å². The molecule has 0 N–H and O–H groups in total. The second-order valence-electron chi connectivity index (χ2n) is 2.91. The molecule has 1 rings (SSSR count). The summed E-state index contributed by atoms with van der Waals surface area (Å²) < 4.78 is 5.11. The molecule has 0 bridgehead atoms. The number of carbonyl (C=O) groups excluding carboxylic acids is 1. The van der Waals surface area contributed by atoms with Gasteiger partial charge in [-0.15, -0.1) is 0 Å². The van der Waals surface area contributed by atoms with Gasteiger partial charge < -0.3 is 4.74 Å². The molecule has 68 valence electrons. The van der Waals surface area contributed by atoms with Crippen molar-refractivity contribution in [2.45, 2.75) is 26.2 Å². The van der Waals surface area contributed by atoms with E-state index < -0.39 is 0 Å². The summed E-state index contributed by atoms with van der Waals surface area (Å²) in [5.74, 6) is 0.769. The lowest BCUT2D eigenvalue weighted by Crippen LogP contribution is -2.29. The van der Waals surface area contributed by atoms with Crippen molar-refractivity contribution in [3.05, 3.63) is 12.0 Å². The van der Waals surface area contributed by atoms with Gasteiger partial charge in [0.05, 0.1) is 7.11 Å². The molecule has 0 spiro atoms. The predicted molar refractivity (Wildman–Crippen MR) is 46.3 cm³/mol. The van der Waals surface area contributed by atoms with Crippen LogP contribution in [0.25, 0.3) is 0 Å². The van der Waals surface area contributed by atoms with E-state index in [1.54, 1.807) is 18.9 Å². The van der Waals surface area contributed by atoms with Gasteiger partial charge in [0.2, 0.25) is 5.91 Å². The molecule has 0 aromatic carbocycles. The minimum absolute atomic E-state index is 0.0602. The summed E-state index contributed by atoms with van der Waals surface area (Å²) in [6.45, 7) is 2.35. The van der Waals surface area contributed by atoms with Crippen LogP contribution in [-0.2, 0) is 9.53 Å². The summed E-state index contributed by atoms with van der Waals surface area (Å²) in [5.41, 5.74) is 0. The van der Waals surface area contributed by atoms with Gasteiger partial charge in [0, 0.05) is 13.5 Å². The average molecular weight is 169 g/mol. The van der Waals surface area contributed by atoms with E-state index >= 15 is 0 Å². The standard InChI is InChI=1S/C9H15NO2/c1-8(11)10-7-5-3-4-6-9(10)12-2/h6H,3-5,7H2,1-2H3. The molecule has 12 heavy (non-hydrogen) atoms. The van der Waals surface area contributed by atoms with Gasteiger partial charge in [0.1, 0.15) is 0 Å². The molecule has 0 atom stereocenters. The van der Waals surface area contributed by atoms with Crippen LogP contribution >= 0.6 is 0 Å². The van der Waals surface area contributed by atoms with Crippen LogP contribution in [0.1, 0.15) is 26.2 Å². The summed E-state index contributed by atoms with van der Waals surface area (Å²) in [4.78, 5) is 12.8. The van der Waals surface area contributed by atoms with E-state index in [0.29, 0.717) is 5.88 Å². The van der Waals surface area contributed by atoms with Crippen molar-refractivity contribution in [3.63, 3.8) is 0 Å². The van der Waals surface area contributed by atoms with Gasteiger partial charge in [-0.05, 0) is 25.3 Å². The third-order valence-electron chi connectivity index (χ3n) is 2.01. The summed E-state index contributed by atoms with van der Waals surface area (Å²) in [5, 5.41) is 0. The Hall–Kier alpha value is -0.990. The van der Waals surface area contributed by atoms with Crippen molar-refractivity contribution in [2.75, 3.05) is 13.7 Å². The second kappa shape index (κ2) is 4.14.